The predicted octanol–water partition coefficient (Wildman–Crippen LogP) is 2.58. The summed E-state index contributed by atoms with van der Waals surface area (Å²) in [5.74, 6) is -1.12. The first kappa shape index (κ1) is 18.1. The third-order valence-electron chi connectivity index (χ3n) is 4.75. The van der Waals surface area contributed by atoms with E-state index >= 15 is 0 Å². The number of aryl methyl sites for hydroxylation is 1. The Hall–Kier alpha value is -3.29. The molecular weight excluding hydrogens is 365 g/mol. The molecule has 3 aromatic rings. The van der Waals surface area contributed by atoms with Gasteiger partial charge >= 0.3 is 5.63 Å². The largest absolute Gasteiger partial charge is 0.470 e. The summed E-state index contributed by atoms with van der Waals surface area (Å²) in [7, 11) is 0. The molecule has 0 saturated carbocycles. The molecule has 0 radical (unpaired) electrons. The van der Waals surface area contributed by atoms with Crippen LogP contribution in [-0.2, 0) is 6.42 Å². The number of aromatic nitrogens is 2. The first-order valence-electron chi connectivity index (χ1n) is 9.05. The first-order valence-corrected chi connectivity index (χ1v) is 9.05. The first-order chi connectivity index (χ1) is 13.6. The molecule has 2 aromatic heterocycles. The van der Waals surface area contributed by atoms with Crippen molar-refractivity contribution >= 4 is 16.9 Å². The van der Waals surface area contributed by atoms with E-state index in [9.17, 15) is 14.0 Å². The van der Waals surface area contributed by atoms with Crippen LogP contribution in [0.5, 0.6) is 5.88 Å². The number of rotatable bonds is 4. The summed E-state index contributed by atoms with van der Waals surface area (Å²) in [5.41, 5.74) is 0.00526. The van der Waals surface area contributed by atoms with Gasteiger partial charge in [-0.3, -0.25) is 4.79 Å². The number of benzene rings is 1. The molecule has 0 spiro atoms. The van der Waals surface area contributed by atoms with Crippen LogP contribution in [-0.4, -0.2) is 40.0 Å². The summed E-state index contributed by atoms with van der Waals surface area (Å²) in [6.45, 7) is 2.42. The van der Waals surface area contributed by atoms with E-state index in [1.807, 2.05) is 0 Å². The smallest absolute Gasteiger partial charge is 0.349 e. The fraction of sp³-hybridized carbons (Fsp3) is 0.300. The molecular formula is C20H18FN3O4. The lowest BCUT2D eigenvalue weighted by Crippen LogP contribution is -2.34. The van der Waals surface area contributed by atoms with Crippen molar-refractivity contribution in [2.45, 2.75) is 25.9 Å². The zero-order valence-electron chi connectivity index (χ0n) is 15.2. The number of fused-ring (bicyclic) bond motifs is 1. The molecule has 144 valence electrons. The lowest BCUT2D eigenvalue weighted by Gasteiger charge is -2.17. The average molecular weight is 383 g/mol. The number of carbonyl (C=O) groups is 1. The average Bonchev–Trinajstić information content (AvgIpc) is 3.17. The number of hydrogen-bond acceptors (Lipinski definition) is 6. The van der Waals surface area contributed by atoms with E-state index in [0.29, 0.717) is 30.4 Å². The maximum Gasteiger partial charge on any atom is 0.349 e. The van der Waals surface area contributed by atoms with Crippen molar-refractivity contribution in [3.63, 3.8) is 0 Å². The second kappa shape index (κ2) is 7.38. The summed E-state index contributed by atoms with van der Waals surface area (Å²) in [4.78, 5) is 34.2. The second-order valence-electron chi connectivity index (χ2n) is 6.56. The van der Waals surface area contributed by atoms with Crippen molar-refractivity contribution in [2.24, 2.45) is 0 Å². The van der Waals surface area contributed by atoms with Crippen LogP contribution in [0.3, 0.4) is 0 Å². The number of halogens is 1. The van der Waals surface area contributed by atoms with Crippen molar-refractivity contribution in [3.8, 4) is 5.88 Å². The minimum Gasteiger partial charge on any atom is -0.470 e. The van der Waals surface area contributed by atoms with Crippen LogP contribution in [0.1, 0.15) is 29.4 Å². The zero-order chi connectivity index (χ0) is 19.7. The van der Waals surface area contributed by atoms with E-state index < -0.39 is 23.5 Å². The van der Waals surface area contributed by atoms with E-state index in [-0.39, 0.29) is 23.7 Å². The molecule has 1 amide bonds. The Morgan fingerprint density at radius 2 is 2.18 bits per heavy atom. The van der Waals surface area contributed by atoms with Crippen LogP contribution >= 0.6 is 0 Å². The molecule has 1 atom stereocenters. The summed E-state index contributed by atoms with van der Waals surface area (Å²) < 4.78 is 25.1. The van der Waals surface area contributed by atoms with Gasteiger partial charge in [-0.2, -0.15) is 9.37 Å². The van der Waals surface area contributed by atoms with Crippen molar-refractivity contribution in [2.75, 3.05) is 13.1 Å². The highest BCUT2D eigenvalue weighted by Crippen LogP contribution is 2.22. The van der Waals surface area contributed by atoms with Gasteiger partial charge in [0.1, 0.15) is 23.6 Å². The number of hydrogen-bond donors (Lipinski definition) is 0. The van der Waals surface area contributed by atoms with Gasteiger partial charge in [-0.25, -0.2) is 9.78 Å². The Labute approximate surface area is 159 Å². The molecule has 0 bridgehead atoms. The molecule has 4 rings (SSSR count). The van der Waals surface area contributed by atoms with Crippen LogP contribution in [0.4, 0.5) is 4.39 Å². The Morgan fingerprint density at radius 1 is 1.36 bits per heavy atom. The number of nitrogens with zero attached hydrogens (tertiary/aromatic N) is 3. The van der Waals surface area contributed by atoms with Gasteiger partial charge in [-0.1, -0.05) is 25.1 Å². The van der Waals surface area contributed by atoms with E-state index in [0.717, 1.165) is 0 Å². The summed E-state index contributed by atoms with van der Waals surface area (Å²) in [5, 5.41) is 0.674. The fourth-order valence-electron chi connectivity index (χ4n) is 3.26. The quantitative estimate of drug-likeness (QED) is 0.644. The number of para-hydroxylation sites is 1. The standard InChI is InChI=1S/C20H18FN3O4/c1-2-15-17(21)18(23-11-22-15)27-13-7-8-24(10-13)19(25)14-9-12-5-3-4-6-16(12)28-20(14)26/h3-6,9,11,13H,2,7-8,10H2,1H3/t13-/m1/s1. The predicted molar refractivity (Wildman–Crippen MR) is 98.8 cm³/mol. The van der Waals surface area contributed by atoms with Crippen LogP contribution in [0.2, 0.25) is 0 Å². The highest BCUT2D eigenvalue weighted by Gasteiger charge is 2.31. The van der Waals surface area contributed by atoms with E-state index in [2.05, 4.69) is 9.97 Å². The molecule has 0 N–H and O–H groups in total. The molecule has 1 saturated heterocycles. The Morgan fingerprint density at radius 3 is 3.00 bits per heavy atom. The Bertz CT molecular complexity index is 1100. The van der Waals surface area contributed by atoms with Gasteiger partial charge in [0.05, 0.1) is 12.2 Å². The molecule has 1 aliphatic heterocycles. The van der Waals surface area contributed by atoms with Crippen LogP contribution < -0.4 is 10.4 Å². The maximum absolute atomic E-state index is 14.3. The van der Waals surface area contributed by atoms with Crippen LogP contribution in [0, 0.1) is 5.82 Å². The van der Waals surface area contributed by atoms with Crippen molar-refractivity contribution in [1.82, 2.24) is 14.9 Å². The SMILES string of the molecule is CCc1ncnc(O[C@@H]2CCN(C(=O)c3cc4ccccc4oc3=O)C2)c1F. The van der Waals surface area contributed by atoms with Crippen molar-refractivity contribution < 1.29 is 18.3 Å². The highest BCUT2D eigenvalue weighted by atomic mass is 19.1. The molecule has 1 aliphatic rings. The van der Waals surface area contributed by atoms with Gasteiger partial charge in [-0.15, -0.1) is 0 Å². The molecule has 28 heavy (non-hydrogen) atoms. The number of carbonyl (C=O) groups excluding carboxylic acids is 1. The lowest BCUT2D eigenvalue weighted by molar-refractivity contribution is 0.0766. The number of amides is 1. The molecule has 0 unspecified atom stereocenters. The minimum atomic E-state index is -0.678. The monoisotopic (exact) mass is 383 g/mol. The van der Waals surface area contributed by atoms with Crippen molar-refractivity contribution in [3.05, 3.63) is 64.2 Å². The van der Waals surface area contributed by atoms with Crippen molar-refractivity contribution in [1.29, 1.82) is 0 Å². The van der Waals surface area contributed by atoms with Crippen LogP contribution in [0.25, 0.3) is 11.0 Å². The Balaban J connectivity index is 1.51. The van der Waals surface area contributed by atoms with Gasteiger partial charge in [0.25, 0.3) is 11.8 Å². The van der Waals surface area contributed by atoms with Gasteiger partial charge in [0.15, 0.2) is 0 Å². The molecule has 8 heteroatoms. The number of likely N-dealkylation sites (tertiary alicyclic amines) is 1. The number of ether oxygens (including phenoxy) is 1. The molecule has 0 aliphatic carbocycles. The third kappa shape index (κ3) is 3.33. The van der Waals surface area contributed by atoms with E-state index in [1.54, 1.807) is 31.2 Å². The second-order valence-corrected chi connectivity index (χ2v) is 6.56. The molecule has 1 fully saturated rings. The van der Waals surface area contributed by atoms with Gasteiger partial charge in [-0.05, 0) is 18.6 Å². The minimum absolute atomic E-state index is 0.0270. The molecule has 1 aromatic carbocycles. The topological polar surface area (TPSA) is 85.5 Å². The van der Waals surface area contributed by atoms with E-state index in [4.69, 9.17) is 9.15 Å². The normalized spacial score (nSPS) is 16.5. The Kier molecular flexibility index (Phi) is 4.77. The van der Waals surface area contributed by atoms with E-state index in [1.165, 1.54) is 17.3 Å². The maximum atomic E-state index is 14.3. The van der Waals surface area contributed by atoms with Gasteiger partial charge in [0, 0.05) is 18.4 Å². The lowest BCUT2D eigenvalue weighted by atomic mass is 10.1. The highest BCUT2D eigenvalue weighted by molar-refractivity contribution is 5.96. The van der Waals surface area contributed by atoms with Gasteiger partial charge in [0.2, 0.25) is 5.82 Å². The molecule has 3 heterocycles. The summed E-state index contributed by atoms with van der Waals surface area (Å²) in [6, 6.07) is 8.54. The molecule has 7 nitrogen and oxygen atoms in total. The summed E-state index contributed by atoms with van der Waals surface area (Å²) >= 11 is 0. The zero-order valence-corrected chi connectivity index (χ0v) is 15.2. The summed E-state index contributed by atoms with van der Waals surface area (Å²) in [6.07, 6.45) is 1.79. The van der Waals surface area contributed by atoms with Crippen LogP contribution in [0.15, 0.2) is 45.9 Å². The third-order valence-corrected chi connectivity index (χ3v) is 4.75. The fourth-order valence-corrected chi connectivity index (χ4v) is 3.26. The van der Waals surface area contributed by atoms with Gasteiger partial charge < -0.3 is 14.1 Å².